The van der Waals surface area contributed by atoms with Crippen LogP contribution in [0.1, 0.15) is 13.3 Å². The number of aliphatic hydroxyl groups excluding tert-OH is 4. The zero-order chi connectivity index (χ0) is 14.1. The van der Waals surface area contributed by atoms with Crippen LogP contribution < -0.4 is 5.73 Å². The van der Waals surface area contributed by atoms with Gasteiger partial charge in [-0.05, 0) is 6.42 Å². The second kappa shape index (κ2) is 5.08. The minimum Gasteiger partial charge on any atom is -0.480 e. The zero-order valence-electron chi connectivity index (χ0n) is 9.98. The average Bonchev–Trinajstić information content (AvgIpc) is 2.62. The third-order valence-corrected chi connectivity index (χ3v) is 3.65. The number of hydrogen-bond donors (Lipinski definition) is 6. The van der Waals surface area contributed by atoms with Gasteiger partial charge in [0.1, 0.15) is 29.5 Å². The summed E-state index contributed by atoms with van der Waals surface area (Å²) in [6.07, 6.45) is -4.55. The first-order valence-corrected chi connectivity index (χ1v) is 5.58. The van der Waals surface area contributed by atoms with Gasteiger partial charge in [0, 0.05) is 0 Å². The highest BCUT2D eigenvalue weighted by Crippen LogP contribution is 2.40. The summed E-state index contributed by atoms with van der Waals surface area (Å²) in [6, 6.07) is 0. The van der Waals surface area contributed by atoms with E-state index in [4.69, 9.17) is 15.6 Å². The minimum atomic E-state index is -2.08. The van der Waals surface area contributed by atoms with Gasteiger partial charge < -0.3 is 36.0 Å². The number of rotatable bonds is 5. The van der Waals surface area contributed by atoms with E-state index in [-0.39, 0.29) is 6.42 Å². The van der Waals surface area contributed by atoms with E-state index in [0.29, 0.717) is 0 Å². The number of aliphatic carboxylic acids is 1. The molecule has 18 heavy (non-hydrogen) atoms. The quantitative estimate of drug-likeness (QED) is 0.308. The number of carboxylic acids is 1. The molecule has 1 rings (SSSR count). The van der Waals surface area contributed by atoms with Gasteiger partial charge in [0.15, 0.2) is 0 Å². The molecule has 1 heterocycles. The van der Waals surface area contributed by atoms with Gasteiger partial charge in [-0.15, -0.1) is 0 Å². The van der Waals surface area contributed by atoms with Crippen molar-refractivity contribution < 1.29 is 35.1 Å². The van der Waals surface area contributed by atoms with E-state index in [1.807, 2.05) is 0 Å². The molecule has 1 aliphatic heterocycles. The predicted molar refractivity (Wildman–Crippen MR) is 58.6 cm³/mol. The molecule has 0 aromatic rings. The van der Waals surface area contributed by atoms with Crippen molar-refractivity contribution in [2.75, 3.05) is 13.2 Å². The first-order chi connectivity index (χ1) is 8.30. The van der Waals surface area contributed by atoms with Gasteiger partial charge in [-0.2, -0.15) is 0 Å². The predicted octanol–water partition coefficient (Wildman–Crippen LogP) is -2.98. The number of carbonyl (C=O) groups is 1. The molecule has 0 aliphatic carbocycles. The van der Waals surface area contributed by atoms with Crippen LogP contribution >= 0.6 is 0 Å². The molecule has 1 fully saturated rings. The van der Waals surface area contributed by atoms with Crippen LogP contribution in [0.5, 0.6) is 0 Å². The Morgan fingerprint density at radius 1 is 1.44 bits per heavy atom. The van der Waals surface area contributed by atoms with Gasteiger partial charge in [-0.25, -0.2) is 0 Å². The van der Waals surface area contributed by atoms with Crippen molar-refractivity contribution in [3.63, 3.8) is 0 Å². The summed E-state index contributed by atoms with van der Waals surface area (Å²) < 4.78 is 5.18. The molecule has 5 atom stereocenters. The fraction of sp³-hybridized carbons (Fsp3) is 0.900. The molecule has 0 radical (unpaired) electrons. The van der Waals surface area contributed by atoms with Gasteiger partial charge in [0.05, 0.1) is 13.2 Å². The van der Waals surface area contributed by atoms with Crippen molar-refractivity contribution in [2.24, 2.45) is 5.73 Å². The van der Waals surface area contributed by atoms with E-state index in [1.54, 1.807) is 0 Å². The van der Waals surface area contributed by atoms with E-state index in [1.165, 1.54) is 6.92 Å². The average molecular weight is 265 g/mol. The van der Waals surface area contributed by atoms with Crippen LogP contribution in [-0.2, 0) is 9.53 Å². The number of hydrogen-bond acceptors (Lipinski definition) is 7. The normalized spacial score (nSPS) is 39.6. The summed E-state index contributed by atoms with van der Waals surface area (Å²) in [7, 11) is 0. The van der Waals surface area contributed by atoms with E-state index < -0.39 is 48.6 Å². The van der Waals surface area contributed by atoms with E-state index in [9.17, 15) is 25.2 Å². The van der Waals surface area contributed by atoms with Crippen LogP contribution in [-0.4, -0.2) is 74.2 Å². The van der Waals surface area contributed by atoms with Crippen LogP contribution in [0, 0.1) is 0 Å². The van der Waals surface area contributed by atoms with E-state index in [2.05, 4.69) is 0 Å². The largest absolute Gasteiger partial charge is 0.480 e. The summed E-state index contributed by atoms with van der Waals surface area (Å²) in [5.41, 5.74) is 1.59. The van der Waals surface area contributed by atoms with Gasteiger partial charge in [-0.1, -0.05) is 6.92 Å². The van der Waals surface area contributed by atoms with Gasteiger partial charge >= 0.3 is 5.97 Å². The topological polar surface area (TPSA) is 153 Å². The fourth-order valence-electron chi connectivity index (χ4n) is 2.31. The maximum absolute atomic E-state index is 11.3. The Kier molecular flexibility index (Phi) is 4.31. The number of ether oxygens (including phenoxy) is 1. The third-order valence-electron chi connectivity index (χ3n) is 3.65. The van der Waals surface area contributed by atoms with Crippen molar-refractivity contribution in [3.05, 3.63) is 0 Å². The Morgan fingerprint density at radius 3 is 2.28 bits per heavy atom. The standard InChI is InChI=1S/C10H19NO7/c1-2-9(11,8(16)17)10(4-13)7(15)6(14)5(3-12)18-10/h5-7,12-15H,2-4,11H2,1H3,(H,16,17)/t5-,6-,7+,9?,10?/m1/s1. The first kappa shape index (κ1) is 15.3. The second-order valence-corrected chi connectivity index (χ2v) is 4.45. The van der Waals surface area contributed by atoms with Crippen molar-refractivity contribution in [1.82, 2.24) is 0 Å². The molecule has 0 aromatic carbocycles. The first-order valence-electron chi connectivity index (χ1n) is 5.58. The van der Waals surface area contributed by atoms with Gasteiger partial charge in [0.2, 0.25) is 0 Å². The molecule has 2 unspecified atom stereocenters. The third kappa shape index (κ3) is 1.81. The highest BCUT2D eigenvalue weighted by Gasteiger charge is 2.65. The molecular formula is C10H19NO7. The molecule has 106 valence electrons. The van der Waals surface area contributed by atoms with Gasteiger partial charge in [0.25, 0.3) is 0 Å². The number of carboxylic acid groups (broad SMARTS) is 1. The lowest BCUT2D eigenvalue weighted by Gasteiger charge is -2.42. The Bertz CT molecular complexity index is 325. The van der Waals surface area contributed by atoms with Crippen LogP contribution in [0.4, 0.5) is 0 Å². The highest BCUT2D eigenvalue weighted by atomic mass is 16.6. The molecule has 0 spiro atoms. The minimum absolute atomic E-state index is 0.134. The Hall–Kier alpha value is -0.770. The van der Waals surface area contributed by atoms with Crippen LogP contribution in [0.15, 0.2) is 0 Å². The molecule has 0 saturated carbocycles. The Labute approximate surface area is 104 Å². The molecule has 0 aromatic heterocycles. The summed E-state index contributed by atoms with van der Waals surface area (Å²) in [5, 5.41) is 47.2. The molecule has 0 bridgehead atoms. The Balaban J connectivity index is 3.25. The summed E-state index contributed by atoms with van der Waals surface area (Å²) in [5.74, 6) is -1.47. The number of nitrogens with two attached hydrogens (primary N) is 1. The van der Waals surface area contributed by atoms with Crippen LogP contribution in [0.2, 0.25) is 0 Å². The highest BCUT2D eigenvalue weighted by molar-refractivity contribution is 5.81. The lowest BCUT2D eigenvalue weighted by molar-refractivity contribution is -0.184. The van der Waals surface area contributed by atoms with E-state index >= 15 is 0 Å². The SMILES string of the molecule is CCC(N)(C(=O)O)C1(CO)O[C@H](CO)[C@@H](O)[C@@H]1O. The smallest absolute Gasteiger partial charge is 0.326 e. The lowest BCUT2D eigenvalue weighted by atomic mass is 9.74. The van der Waals surface area contributed by atoms with E-state index in [0.717, 1.165) is 0 Å². The lowest BCUT2D eigenvalue weighted by Crippen LogP contribution is -2.71. The molecule has 1 aliphatic rings. The summed E-state index contributed by atoms with van der Waals surface area (Å²) in [4.78, 5) is 11.3. The second-order valence-electron chi connectivity index (χ2n) is 4.45. The molecular weight excluding hydrogens is 246 g/mol. The van der Waals surface area contributed by atoms with Crippen LogP contribution in [0.25, 0.3) is 0 Å². The fourth-order valence-corrected chi connectivity index (χ4v) is 2.31. The molecule has 8 nitrogen and oxygen atoms in total. The molecule has 0 amide bonds. The molecule has 7 N–H and O–H groups in total. The van der Waals surface area contributed by atoms with Crippen molar-refractivity contribution in [1.29, 1.82) is 0 Å². The van der Waals surface area contributed by atoms with Crippen LogP contribution in [0.3, 0.4) is 0 Å². The summed E-state index contributed by atoms with van der Waals surface area (Å²) in [6.45, 7) is -0.0575. The maximum Gasteiger partial charge on any atom is 0.326 e. The van der Waals surface area contributed by atoms with Gasteiger partial charge in [-0.3, -0.25) is 4.79 Å². The number of aliphatic hydroxyl groups is 4. The van der Waals surface area contributed by atoms with Crippen molar-refractivity contribution in [3.8, 4) is 0 Å². The molecule has 1 saturated heterocycles. The Morgan fingerprint density at radius 2 is 2.00 bits per heavy atom. The monoisotopic (exact) mass is 265 g/mol. The summed E-state index contributed by atoms with van der Waals surface area (Å²) >= 11 is 0. The van der Waals surface area contributed by atoms with Crippen molar-refractivity contribution in [2.45, 2.75) is 42.8 Å². The van der Waals surface area contributed by atoms with Crippen molar-refractivity contribution >= 4 is 5.97 Å². The molecule has 8 heteroatoms. The maximum atomic E-state index is 11.3. The zero-order valence-corrected chi connectivity index (χ0v) is 9.98.